The molecular formula is C20H33NO3. The molecule has 1 aliphatic carbocycles. The summed E-state index contributed by atoms with van der Waals surface area (Å²) in [6, 6.07) is 0. The standard InChI is InChI=1S/C20H33NO3/c1-6-8-10-21-19(22)24-13-20-12-23-17(9-7-2)18(16(20)5)14(3)11-15(20)4/h7,9,11,15-18H,6,8,10,12-13H2,1-5H3,(H,21,22)/b9-7+/t15-,16+,17-,18-,20+/m0/s1. The number of alkyl carbamates (subject to hydrolysis) is 1. The van der Waals surface area contributed by atoms with Gasteiger partial charge in [0.25, 0.3) is 0 Å². The van der Waals surface area contributed by atoms with Gasteiger partial charge in [-0.1, -0.05) is 51.0 Å². The second-order valence-electron chi connectivity index (χ2n) is 7.40. The SMILES string of the molecule is C/C=C/[C@@H]1OC[C@]2(COC(=O)NCCCC)[C@H](C)[C@@H]1C(C)=C[C@@H]2C. The Morgan fingerprint density at radius 3 is 2.92 bits per heavy atom. The molecule has 4 heteroatoms. The van der Waals surface area contributed by atoms with E-state index in [0.717, 1.165) is 12.8 Å². The van der Waals surface area contributed by atoms with Gasteiger partial charge in [-0.2, -0.15) is 0 Å². The van der Waals surface area contributed by atoms with Crippen LogP contribution in [0.2, 0.25) is 0 Å². The van der Waals surface area contributed by atoms with Crippen molar-refractivity contribution in [1.82, 2.24) is 5.32 Å². The average molecular weight is 335 g/mol. The van der Waals surface area contributed by atoms with E-state index in [1.54, 1.807) is 0 Å². The third-order valence-electron chi connectivity index (χ3n) is 5.94. The van der Waals surface area contributed by atoms with E-state index in [1.807, 2.05) is 6.92 Å². The largest absolute Gasteiger partial charge is 0.449 e. The first kappa shape index (κ1) is 19.0. The maximum absolute atomic E-state index is 12.0. The number of rotatable bonds is 6. The second-order valence-corrected chi connectivity index (χ2v) is 7.40. The van der Waals surface area contributed by atoms with Crippen molar-refractivity contribution in [3.63, 3.8) is 0 Å². The Morgan fingerprint density at radius 2 is 2.25 bits per heavy atom. The lowest BCUT2D eigenvalue weighted by molar-refractivity contribution is -0.149. The molecule has 1 fully saturated rings. The summed E-state index contributed by atoms with van der Waals surface area (Å²) in [6.07, 6.45) is 8.41. The molecule has 0 spiro atoms. The number of hydrogen-bond donors (Lipinski definition) is 1. The summed E-state index contributed by atoms with van der Waals surface area (Å²) in [6.45, 7) is 12.6. The predicted octanol–water partition coefficient (Wildman–Crippen LogP) is 4.32. The number of nitrogens with one attached hydrogen (secondary N) is 1. The number of unbranched alkanes of at least 4 members (excludes halogenated alkanes) is 1. The van der Waals surface area contributed by atoms with Crippen LogP contribution in [-0.4, -0.2) is 32.0 Å². The van der Waals surface area contributed by atoms with Gasteiger partial charge in [-0.25, -0.2) is 4.79 Å². The minimum absolute atomic E-state index is 0.125. The molecule has 1 saturated heterocycles. The topological polar surface area (TPSA) is 47.6 Å². The highest BCUT2D eigenvalue weighted by Gasteiger charge is 2.53. The summed E-state index contributed by atoms with van der Waals surface area (Å²) in [5.41, 5.74) is 1.26. The minimum atomic E-state index is -0.310. The van der Waals surface area contributed by atoms with Crippen molar-refractivity contribution in [2.24, 2.45) is 23.2 Å². The van der Waals surface area contributed by atoms with E-state index < -0.39 is 0 Å². The molecule has 0 aromatic carbocycles. The summed E-state index contributed by atoms with van der Waals surface area (Å²) in [5.74, 6) is 1.10. The Balaban J connectivity index is 2.09. The van der Waals surface area contributed by atoms with E-state index in [0.29, 0.717) is 37.5 Å². The molecule has 1 amide bonds. The summed E-state index contributed by atoms with van der Waals surface area (Å²) in [7, 11) is 0. The highest BCUT2D eigenvalue weighted by Crippen LogP contribution is 2.52. The number of allylic oxidation sites excluding steroid dienone is 2. The number of fused-ring (bicyclic) bond motifs is 2. The van der Waals surface area contributed by atoms with Crippen LogP contribution < -0.4 is 5.32 Å². The van der Waals surface area contributed by atoms with Gasteiger partial charge in [-0.3, -0.25) is 0 Å². The number of amides is 1. The van der Waals surface area contributed by atoms with Crippen molar-refractivity contribution < 1.29 is 14.3 Å². The zero-order chi connectivity index (χ0) is 17.7. The van der Waals surface area contributed by atoms with Crippen LogP contribution in [0.1, 0.15) is 47.5 Å². The van der Waals surface area contributed by atoms with Crippen LogP contribution >= 0.6 is 0 Å². The van der Waals surface area contributed by atoms with Crippen molar-refractivity contribution in [3.8, 4) is 0 Å². The molecule has 2 rings (SSSR count). The van der Waals surface area contributed by atoms with Gasteiger partial charge in [0.05, 0.1) is 12.7 Å². The molecule has 2 bridgehead atoms. The number of hydrogen-bond acceptors (Lipinski definition) is 3. The van der Waals surface area contributed by atoms with Gasteiger partial charge in [-0.05, 0) is 32.1 Å². The Kier molecular flexibility index (Phi) is 6.50. The number of carbonyl (C=O) groups excluding carboxylic acids is 1. The zero-order valence-corrected chi connectivity index (χ0v) is 15.8. The van der Waals surface area contributed by atoms with Gasteiger partial charge >= 0.3 is 6.09 Å². The Hall–Kier alpha value is -1.29. The fourth-order valence-corrected chi connectivity index (χ4v) is 4.29. The van der Waals surface area contributed by atoms with E-state index in [1.165, 1.54) is 5.57 Å². The van der Waals surface area contributed by atoms with Crippen LogP contribution in [0.15, 0.2) is 23.8 Å². The minimum Gasteiger partial charge on any atom is -0.449 e. The van der Waals surface area contributed by atoms with Gasteiger partial charge in [0.1, 0.15) is 6.61 Å². The maximum atomic E-state index is 12.0. The quantitative estimate of drug-likeness (QED) is 0.581. The van der Waals surface area contributed by atoms with Crippen molar-refractivity contribution in [3.05, 3.63) is 23.8 Å². The summed E-state index contributed by atoms with van der Waals surface area (Å²) < 4.78 is 11.8. The summed E-state index contributed by atoms with van der Waals surface area (Å²) in [5, 5.41) is 2.83. The Morgan fingerprint density at radius 1 is 1.50 bits per heavy atom. The number of ether oxygens (including phenoxy) is 2. The van der Waals surface area contributed by atoms with Crippen LogP contribution in [0.5, 0.6) is 0 Å². The molecule has 0 radical (unpaired) electrons. The lowest BCUT2D eigenvalue weighted by Gasteiger charge is -2.54. The first-order valence-electron chi connectivity index (χ1n) is 9.29. The smallest absolute Gasteiger partial charge is 0.407 e. The second kappa shape index (κ2) is 8.19. The molecule has 24 heavy (non-hydrogen) atoms. The fourth-order valence-electron chi connectivity index (χ4n) is 4.29. The molecule has 0 aromatic rings. The van der Waals surface area contributed by atoms with Gasteiger partial charge < -0.3 is 14.8 Å². The van der Waals surface area contributed by atoms with Crippen LogP contribution in [0.25, 0.3) is 0 Å². The lowest BCUT2D eigenvalue weighted by atomic mass is 9.56. The first-order chi connectivity index (χ1) is 11.5. The number of carbonyl (C=O) groups is 1. The van der Waals surface area contributed by atoms with E-state index in [4.69, 9.17) is 9.47 Å². The lowest BCUT2D eigenvalue weighted by Crippen LogP contribution is -2.56. The van der Waals surface area contributed by atoms with Crippen LogP contribution in [0, 0.1) is 23.2 Å². The van der Waals surface area contributed by atoms with Gasteiger partial charge in [0, 0.05) is 17.9 Å². The Bertz CT molecular complexity index is 499. The van der Waals surface area contributed by atoms with E-state index in [-0.39, 0.29) is 17.6 Å². The predicted molar refractivity (Wildman–Crippen MR) is 96.8 cm³/mol. The van der Waals surface area contributed by atoms with Gasteiger partial charge in [-0.15, -0.1) is 0 Å². The van der Waals surface area contributed by atoms with Crippen LogP contribution in [0.4, 0.5) is 4.79 Å². The van der Waals surface area contributed by atoms with Gasteiger partial charge in [0.2, 0.25) is 0 Å². The molecule has 1 heterocycles. The molecule has 0 unspecified atom stereocenters. The average Bonchev–Trinajstić information content (AvgIpc) is 2.53. The first-order valence-corrected chi connectivity index (χ1v) is 9.29. The summed E-state index contributed by atoms with van der Waals surface area (Å²) in [4.78, 5) is 12.0. The molecule has 1 aliphatic heterocycles. The van der Waals surface area contributed by atoms with Crippen molar-refractivity contribution in [2.75, 3.05) is 19.8 Å². The molecule has 136 valence electrons. The van der Waals surface area contributed by atoms with Gasteiger partial charge in [0.15, 0.2) is 0 Å². The molecule has 1 N–H and O–H groups in total. The normalized spacial score (nSPS) is 35.6. The summed E-state index contributed by atoms with van der Waals surface area (Å²) >= 11 is 0. The van der Waals surface area contributed by atoms with E-state index >= 15 is 0 Å². The molecule has 4 nitrogen and oxygen atoms in total. The third-order valence-corrected chi connectivity index (χ3v) is 5.94. The van der Waals surface area contributed by atoms with E-state index in [2.05, 4.69) is 51.2 Å². The highest BCUT2D eigenvalue weighted by atomic mass is 16.6. The van der Waals surface area contributed by atoms with Crippen molar-refractivity contribution >= 4 is 6.09 Å². The maximum Gasteiger partial charge on any atom is 0.407 e. The third kappa shape index (κ3) is 3.69. The van der Waals surface area contributed by atoms with Crippen LogP contribution in [-0.2, 0) is 9.47 Å². The highest BCUT2D eigenvalue weighted by molar-refractivity contribution is 5.67. The molecule has 0 saturated carbocycles. The van der Waals surface area contributed by atoms with Crippen LogP contribution in [0.3, 0.4) is 0 Å². The zero-order valence-electron chi connectivity index (χ0n) is 15.8. The molecular weight excluding hydrogens is 302 g/mol. The molecule has 5 atom stereocenters. The van der Waals surface area contributed by atoms with E-state index in [9.17, 15) is 4.79 Å². The fraction of sp³-hybridized carbons (Fsp3) is 0.750. The molecule has 2 aliphatic rings. The molecule has 0 aromatic heterocycles. The van der Waals surface area contributed by atoms with Crippen molar-refractivity contribution in [2.45, 2.75) is 53.6 Å². The monoisotopic (exact) mass is 335 g/mol. The Labute approximate surface area is 146 Å². The van der Waals surface area contributed by atoms with Crippen molar-refractivity contribution in [1.29, 1.82) is 0 Å².